The molecule has 1 atom stereocenters. The number of sulfone groups is 1. The van der Waals surface area contributed by atoms with Crippen molar-refractivity contribution in [3.63, 3.8) is 0 Å². The normalized spacial score (nSPS) is 16.1. The molecule has 8 heteroatoms. The van der Waals surface area contributed by atoms with Gasteiger partial charge < -0.3 is 9.64 Å². The monoisotopic (exact) mass is 443 g/mol. The van der Waals surface area contributed by atoms with Crippen molar-refractivity contribution < 1.29 is 27.5 Å². The number of hydrogen-bond acceptors (Lipinski definition) is 6. The Morgan fingerprint density at radius 3 is 2.19 bits per heavy atom. The second-order valence-electron chi connectivity index (χ2n) is 7.45. The molecule has 0 spiro atoms. The standard InChI is InChI=1S/C23H25NO6S/c25-21(23(27)31(28,29)17-19-11-5-2-6-12-19)24-15-7-14-20(24)22(26)30-16-8-13-18-9-3-1-4-10-18/h1-6,9-12,20H,7-8,13-17H2/t20-/m0/s1. The number of esters is 1. The number of carbonyl (C=O) groups excluding carboxylic acids is 3. The van der Waals surface area contributed by atoms with Crippen molar-refractivity contribution >= 4 is 26.8 Å². The van der Waals surface area contributed by atoms with Crippen molar-refractivity contribution in [2.24, 2.45) is 0 Å². The molecule has 1 saturated heterocycles. The first-order valence-corrected chi connectivity index (χ1v) is 11.9. The topological polar surface area (TPSA) is 97.8 Å². The van der Waals surface area contributed by atoms with E-state index in [9.17, 15) is 22.8 Å². The fourth-order valence-corrected chi connectivity index (χ4v) is 4.70. The molecule has 0 bridgehead atoms. The maximum atomic E-state index is 12.6. The van der Waals surface area contributed by atoms with Crippen LogP contribution in [0.3, 0.4) is 0 Å². The highest BCUT2D eigenvalue weighted by molar-refractivity contribution is 8.07. The smallest absolute Gasteiger partial charge is 0.334 e. The van der Waals surface area contributed by atoms with E-state index in [1.165, 1.54) is 0 Å². The third-order valence-electron chi connectivity index (χ3n) is 5.14. The van der Waals surface area contributed by atoms with Gasteiger partial charge in [-0.2, -0.15) is 0 Å². The Hall–Kier alpha value is -3.00. The first-order chi connectivity index (χ1) is 14.9. The molecule has 2 aromatic carbocycles. The Kier molecular flexibility index (Phi) is 7.57. The van der Waals surface area contributed by atoms with Crippen LogP contribution in [0, 0.1) is 0 Å². The van der Waals surface area contributed by atoms with Gasteiger partial charge in [0.05, 0.1) is 12.4 Å². The minimum Gasteiger partial charge on any atom is -0.464 e. The molecule has 2 aromatic rings. The number of ether oxygens (including phenoxy) is 1. The maximum Gasteiger partial charge on any atom is 0.334 e. The second kappa shape index (κ2) is 10.3. The molecule has 0 unspecified atom stereocenters. The Morgan fingerprint density at radius 1 is 0.935 bits per heavy atom. The van der Waals surface area contributed by atoms with E-state index in [-0.39, 0.29) is 13.2 Å². The van der Waals surface area contributed by atoms with Crippen molar-refractivity contribution in [1.82, 2.24) is 4.90 Å². The molecular formula is C23H25NO6S. The lowest BCUT2D eigenvalue weighted by atomic mass is 10.1. The summed E-state index contributed by atoms with van der Waals surface area (Å²) < 4.78 is 30.1. The van der Waals surface area contributed by atoms with Crippen LogP contribution >= 0.6 is 0 Å². The van der Waals surface area contributed by atoms with Gasteiger partial charge in [-0.3, -0.25) is 9.59 Å². The number of carbonyl (C=O) groups is 3. The van der Waals surface area contributed by atoms with Crippen LogP contribution in [0.25, 0.3) is 0 Å². The van der Waals surface area contributed by atoms with Gasteiger partial charge in [-0.25, -0.2) is 13.2 Å². The molecule has 1 heterocycles. The molecular weight excluding hydrogens is 418 g/mol. The van der Waals surface area contributed by atoms with Gasteiger partial charge in [-0.1, -0.05) is 60.7 Å². The minimum atomic E-state index is -4.33. The second-order valence-corrected chi connectivity index (χ2v) is 9.33. The van der Waals surface area contributed by atoms with Gasteiger partial charge >= 0.3 is 17.0 Å². The molecule has 0 aliphatic carbocycles. The summed E-state index contributed by atoms with van der Waals surface area (Å²) in [6.45, 7) is 0.335. The maximum absolute atomic E-state index is 12.6. The SMILES string of the molecule is O=C(OCCCc1ccccc1)[C@@H]1CCCN1C(=O)C(=O)S(=O)(=O)Cc1ccccc1. The summed E-state index contributed by atoms with van der Waals surface area (Å²) >= 11 is 0. The van der Waals surface area contributed by atoms with Crippen LogP contribution in [0.2, 0.25) is 0 Å². The van der Waals surface area contributed by atoms with E-state index in [4.69, 9.17) is 4.74 Å². The van der Waals surface area contributed by atoms with Crippen molar-refractivity contribution in [2.75, 3.05) is 13.2 Å². The highest BCUT2D eigenvalue weighted by atomic mass is 32.2. The van der Waals surface area contributed by atoms with E-state index in [2.05, 4.69) is 0 Å². The lowest BCUT2D eigenvalue weighted by molar-refractivity contribution is -0.154. The predicted molar refractivity (Wildman–Crippen MR) is 115 cm³/mol. The Labute approximate surface area is 181 Å². The van der Waals surface area contributed by atoms with E-state index in [1.807, 2.05) is 30.3 Å². The van der Waals surface area contributed by atoms with Gasteiger partial charge in [0.1, 0.15) is 6.04 Å². The predicted octanol–water partition coefficient (Wildman–Crippen LogP) is 2.30. The Morgan fingerprint density at radius 2 is 1.55 bits per heavy atom. The summed E-state index contributed by atoms with van der Waals surface area (Å²) in [5, 5.41) is -1.49. The van der Waals surface area contributed by atoms with Crippen LogP contribution in [0.1, 0.15) is 30.4 Å². The molecule has 0 aromatic heterocycles. The molecule has 1 amide bonds. The molecule has 164 valence electrons. The number of benzene rings is 2. The van der Waals surface area contributed by atoms with E-state index in [0.29, 0.717) is 24.8 Å². The van der Waals surface area contributed by atoms with Crippen LogP contribution < -0.4 is 0 Å². The highest BCUT2D eigenvalue weighted by Crippen LogP contribution is 2.20. The molecule has 31 heavy (non-hydrogen) atoms. The summed E-state index contributed by atoms with van der Waals surface area (Å²) in [5.41, 5.74) is 1.55. The number of likely N-dealkylation sites (tertiary alicyclic amines) is 1. The molecule has 7 nitrogen and oxygen atoms in total. The molecule has 1 aliphatic rings. The van der Waals surface area contributed by atoms with Crippen LogP contribution in [-0.4, -0.2) is 49.5 Å². The lowest BCUT2D eigenvalue weighted by Crippen LogP contribution is -2.46. The number of aryl methyl sites for hydroxylation is 1. The third-order valence-corrected chi connectivity index (χ3v) is 6.59. The molecule has 0 saturated carbocycles. The summed E-state index contributed by atoms with van der Waals surface area (Å²) in [6, 6.07) is 17.0. The number of hydrogen-bond donors (Lipinski definition) is 0. The van der Waals surface area contributed by atoms with Crippen LogP contribution in [0.5, 0.6) is 0 Å². The van der Waals surface area contributed by atoms with Gasteiger partial charge in [0.2, 0.25) is 9.84 Å². The quantitative estimate of drug-likeness (QED) is 0.370. The molecule has 3 rings (SSSR count). The van der Waals surface area contributed by atoms with Crippen LogP contribution in [0.4, 0.5) is 0 Å². The summed E-state index contributed by atoms with van der Waals surface area (Å²) in [4.78, 5) is 38.5. The van der Waals surface area contributed by atoms with Crippen molar-refractivity contribution in [2.45, 2.75) is 37.5 Å². The van der Waals surface area contributed by atoms with E-state index >= 15 is 0 Å². The first kappa shape index (κ1) is 22.7. The zero-order chi connectivity index (χ0) is 22.3. The minimum absolute atomic E-state index is 0.148. The Bertz CT molecular complexity index is 1020. The van der Waals surface area contributed by atoms with Gasteiger partial charge in [-0.15, -0.1) is 0 Å². The van der Waals surface area contributed by atoms with Crippen molar-refractivity contribution in [1.29, 1.82) is 0 Å². The number of amides is 1. The third kappa shape index (κ3) is 6.01. The van der Waals surface area contributed by atoms with E-state index in [0.717, 1.165) is 16.9 Å². The zero-order valence-corrected chi connectivity index (χ0v) is 17.9. The molecule has 1 fully saturated rings. The zero-order valence-electron chi connectivity index (χ0n) is 17.1. The summed E-state index contributed by atoms with van der Waals surface area (Å²) in [5.74, 6) is -2.33. The largest absolute Gasteiger partial charge is 0.464 e. The van der Waals surface area contributed by atoms with Crippen LogP contribution in [0.15, 0.2) is 60.7 Å². The van der Waals surface area contributed by atoms with Gasteiger partial charge in [0.15, 0.2) is 0 Å². The average molecular weight is 444 g/mol. The summed E-state index contributed by atoms with van der Waals surface area (Å²) in [6.07, 6.45) is 2.22. The number of rotatable bonds is 7. The molecule has 0 N–H and O–H groups in total. The highest BCUT2D eigenvalue weighted by Gasteiger charge is 2.41. The van der Waals surface area contributed by atoms with Gasteiger partial charge in [0, 0.05) is 6.54 Å². The van der Waals surface area contributed by atoms with Crippen LogP contribution in [-0.2, 0) is 41.1 Å². The average Bonchev–Trinajstić information content (AvgIpc) is 3.27. The molecule has 0 radical (unpaired) electrons. The fourth-order valence-electron chi connectivity index (χ4n) is 3.55. The van der Waals surface area contributed by atoms with Gasteiger partial charge in [0.25, 0.3) is 0 Å². The number of nitrogens with zero attached hydrogens (tertiary/aromatic N) is 1. The fraction of sp³-hybridized carbons (Fsp3) is 0.348. The Balaban J connectivity index is 1.55. The van der Waals surface area contributed by atoms with Gasteiger partial charge in [-0.05, 0) is 36.8 Å². The van der Waals surface area contributed by atoms with E-state index < -0.39 is 38.6 Å². The van der Waals surface area contributed by atoms with Crippen molar-refractivity contribution in [3.05, 3.63) is 71.8 Å². The summed E-state index contributed by atoms with van der Waals surface area (Å²) in [7, 11) is -4.33. The van der Waals surface area contributed by atoms with E-state index in [1.54, 1.807) is 30.3 Å². The first-order valence-electron chi connectivity index (χ1n) is 10.2. The lowest BCUT2D eigenvalue weighted by Gasteiger charge is -2.22. The van der Waals surface area contributed by atoms with Crippen molar-refractivity contribution in [3.8, 4) is 0 Å². The molecule has 1 aliphatic heterocycles.